The Morgan fingerprint density at radius 3 is 2.61 bits per heavy atom. The number of alkyl halides is 3. The predicted octanol–water partition coefficient (Wildman–Crippen LogP) is 3.46. The van der Waals surface area contributed by atoms with E-state index in [1.807, 2.05) is 6.92 Å². The van der Waals surface area contributed by atoms with E-state index in [1.54, 1.807) is 0 Å². The molecule has 1 aromatic heterocycles. The second-order valence-electron chi connectivity index (χ2n) is 5.58. The quantitative estimate of drug-likeness (QED) is 0.509. The van der Waals surface area contributed by atoms with Crippen molar-refractivity contribution in [1.29, 1.82) is 0 Å². The summed E-state index contributed by atoms with van der Waals surface area (Å²) in [4.78, 5) is 12.5. The van der Waals surface area contributed by atoms with Crippen LogP contribution in [0.4, 0.5) is 24.0 Å². The fourth-order valence-electron chi connectivity index (χ4n) is 2.28. The van der Waals surface area contributed by atoms with Gasteiger partial charge in [-0.3, -0.25) is 14.4 Å². The Labute approximate surface area is 168 Å². The highest BCUT2D eigenvalue weighted by molar-refractivity contribution is 8.01. The topological polar surface area (TPSA) is 92.3 Å². The van der Waals surface area contributed by atoms with Crippen molar-refractivity contribution in [3.8, 4) is 0 Å². The predicted molar refractivity (Wildman–Crippen MR) is 103 cm³/mol. The first-order valence-electron chi connectivity index (χ1n) is 7.87. The molecular formula is C15H17F3N4O3S3. The van der Waals surface area contributed by atoms with E-state index in [1.165, 1.54) is 24.8 Å². The number of nitrogens with zero attached hydrogens (tertiary/aromatic N) is 3. The number of nitrogens with one attached hydrogen (secondary N) is 1. The van der Waals surface area contributed by atoms with E-state index in [2.05, 4.69) is 15.5 Å². The van der Waals surface area contributed by atoms with Crippen molar-refractivity contribution in [3.63, 3.8) is 0 Å². The van der Waals surface area contributed by atoms with E-state index in [-0.39, 0.29) is 10.8 Å². The summed E-state index contributed by atoms with van der Waals surface area (Å²) in [6.07, 6.45) is -3.83. The summed E-state index contributed by atoms with van der Waals surface area (Å²) in [6, 6.07) is 2.47. The lowest BCUT2D eigenvalue weighted by molar-refractivity contribution is -0.137. The molecule has 1 N–H and O–H groups in total. The van der Waals surface area contributed by atoms with E-state index >= 15 is 0 Å². The number of halogens is 3. The Bertz CT molecular complexity index is 947. The molecule has 0 unspecified atom stereocenters. The molecule has 0 bridgehead atoms. The van der Waals surface area contributed by atoms with Crippen LogP contribution in [-0.2, 0) is 21.0 Å². The average Bonchev–Trinajstić information content (AvgIpc) is 3.00. The summed E-state index contributed by atoms with van der Waals surface area (Å²) in [7, 11) is -4.05. The zero-order chi connectivity index (χ0) is 21.1. The number of carbonyl (C=O) groups is 1. The van der Waals surface area contributed by atoms with Crippen LogP contribution >= 0.6 is 23.1 Å². The van der Waals surface area contributed by atoms with Crippen molar-refractivity contribution in [3.05, 3.63) is 29.8 Å². The molecule has 1 atom stereocenters. The maximum atomic E-state index is 13.0. The molecular weight excluding hydrogens is 437 g/mol. The van der Waals surface area contributed by atoms with Gasteiger partial charge in [0.05, 0.1) is 17.5 Å². The third-order valence-electron chi connectivity index (χ3n) is 3.42. The minimum absolute atomic E-state index is 0.172. The summed E-state index contributed by atoms with van der Waals surface area (Å²) in [5.74, 6) is 0.0168. The molecule has 28 heavy (non-hydrogen) atoms. The number of sulfonamides is 1. The van der Waals surface area contributed by atoms with Crippen molar-refractivity contribution in [2.45, 2.75) is 30.4 Å². The van der Waals surface area contributed by atoms with E-state index < -0.39 is 33.7 Å². The third-order valence-corrected chi connectivity index (χ3v) is 6.52. The second kappa shape index (κ2) is 8.66. The molecule has 0 aliphatic rings. The molecule has 0 fully saturated rings. The van der Waals surface area contributed by atoms with E-state index in [4.69, 9.17) is 0 Å². The van der Waals surface area contributed by atoms with Gasteiger partial charge in [0.2, 0.25) is 21.1 Å². The van der Waals surface area contributed by atoms with Crippen LogP contribution in [-0.4, -0.2) is 42.6 Å². The zero-order valence-corrected chi connectivity index (χ0v) is 17.5. The minimum atomic E-state index is -4.65. The summed E-state index contributed by atoms with van der Waals surface area (Å²) < 4.78 is 64.6. The van der Waals surface area contributed by atoms with Crippen LogP contribution in [0.1, 0.15) is 19.4 Å². The van der Waals surface area contributed by atoms with Gasteiger partial charge in [-0.15, -0.1) is 10.2 Å². The number of amides is 1. The molecule has 0 spiro atoms. The van der Waals surface area contributed by atoms with Crippen molar-refractivity contribution >= 4 is 49.8 Å². The number of aromatic nitrogens is 2. The molecule has 0 aliphatic heterocycles. The van der Waals surface area contributed by atoms with Gasteiger partial charge in [-0.2, -0.15) is 13.2 Å². The first-order valence-corrected chi connectivity index (χ1v) is 11.5. The largest absolute Gasteiger partial charge is 0.416 e. The average molecular weight is 455 g/mol. The lowest BCUT2D eigenvalue weighted by Gasteiger charge is -2.28. The van der Waals surface area contributed by atoms with Crippen LogP contribution < -0.4 is 9.62 Å². The Morgan fingerprint density at radius 2 is 2.04 bits per heavy atom. The second-order valence-corrected chi connectivity index (χ2v) is 9.93. The normalized spacial score (nSPS) is 13.2. The van der Waals surface area contributed by atoms with Crippen molar-refractivity contribution < 1.29 is 26.4 Å². The molecule has 2 aromatic rings. The van der Waals surface area contributed by atoms with Crippen molar-refractivity contribution in [2.75, 3.05) is 21.6 Å². The summed E-state index contributed by atoms with van der Waals surface area (Å²) >= 11 is 2.54. The van der Waals surface area contributed by atoms with Crippen LogP contribution in [0.25, 0.3) is 0 Å². The Kier molecular flexibility index (Phi) is 6.93. The van der Waals surface area contributed by atoms with Crippen LogP contribution in [0.3, 0.4) is 0 Å². The fraction of sp³-hybridized carbons (Fsp3) is 0.400. The molecule has 1 aromatic carbocycles. The van der Waals surface area contributed by atoms with E-state index in [0.29, 0.717) is 14.7 Å². The Balaban J connectivity index is 2.31. The number of hydrogen-bond donors (Lipinski definition) is 1. The van der Waals surface area contributed by atoms with Gasteiger partial charge < -0.3 is 0 Å². The Morgan fingerprint density at radius 1 is 1.36 bits per heavy atom. The first kappa shape index (κ1) is 22.4. The highest BCUT2D eigenvalue weighted by Crippen LogP contribution is 2.33. The van der Waals surface area contributed by atoms with E-state index in [9.17, 15) is 26.4 Å². The SMILES string of the molecule is CCSc1nnc(NC(=O)[C@@H](C)N(c2cccc(C(F)(F)F)c2)S(C)(=O)=O)s1. The van der Waals surface area contributed by atoms with Crippen LogP contribution in [0.5, 0.6) is 0 Å². The van der Waals surface area contributed by atoms with Crippen molar-refractivity contribution in [1.82, 2.24) is 10.2 Å². The molecule has 0 radical (unpaired) electrons. The van der Waals surface area contributed by atoms with Gasteiger partial charge in [-0.25, -0.2) is 8.42 Å². The van der Waals surface area contributed by atoms with E-state index in [0.717, 1.165) is 35.5 Å². The minimum Gasteiger partial charge on any atom is -0.299 e. The monoisotopic (exact) mass is 454 g/mol. The molecule has 0 saturated carbocycles. The zero-order valence-electron chi connectivity index (χ0n) is 15.0. The molecule has 0 saturated heterocycles. The molecule has 13 heteroatoms. The highest BCUT2D eigenvalue weighted by atomic mass is 32.2. The van der Waals surface area contributed by atoms with Gasteiger partial charge in [-0.1, -0.05) is 36.1 Å². The van der Waals surface area contributed by atoms with Crippen molar-refractivity contribution in [2.24, 2.45) is 0 Å². The third kappa shape index (κ3) is 5.58. The number of thioether (sulfide) groups is 1. The highest BCUT2D eigenvalue weighted by Gasteiger charge is 2.34. The smallest absolute Gasteiger partial charge is 0.299 e. The molecule has 7 nitrogen and oxygen atoms in total. The fourth-order valence-corrected chi connectivity index (χ4v) is 5.10. The molecule has 1 heterocycles. The maximum absolute atomic E-state index is 13.0. The molecule has 154 valence electrons. The lowest BCUT2D eigenvalue weighted by Crippen LogP contribution is -2.45. The van der Waals surface area contributed by atoms with Gasteiger partial charge in [0.25, 0.3) is 0 Å². The van der Waals surface area contributed by atoms with Gasteiger partial charge in [0, 0.05) is 0 Å². The summed E-state index contributed by atoms with van der Waals surface area (Å²) in [5.41, 5.74) is -1.28. The maximum Gasteiger partial charge on any atom is 0.416 e. The van der Waals surface area contributed by atoms with Crippen LogP contribution in [0, 0.1) is 0 Å². The van der Waals surface area contributed by atoms with Gasteiger partial charge >= 0.3 is 6.18 Å². The van der Waals surface area contributed by atoms with Gasteiger partial charge in [0.1, 0.15) is 6.04 Å². The Hall–Kier alpha value is -1.86. The number of hydrogen-bond acceptors (Lipinski definition) is 7. The summed E-state index contributed by atoms with van der Waals surface area (Å²) in [5, 5.41) is 10.3. The van der Waals surface area contributed by atoms with Crippen LogP contribution in [0.2, 0.25) is 0 Å². The molecule has 0 aliphatic carbocycles. The number of rotatable bonds is 7. The number of anilines is 2. The van der Waals surface area contributed by atoms with Crippen LogP contribution in [0.15, 0.2) is 28.6 Å². The molecule has 2 rings (SSSR count). The standard InChI is InChI=1S/C15H17F3N4O3S3/c1-4-26-14-21-20-13(27-14)19-12(23)9(2)22(28(3,24)25)11-7-5-6-10(8-11)15(16,17)18/h5-9H,4H2,1-3H3,(H,19,20,23)/t9-/m1/s1. The number of benzene rings is 1. The van der Waals surface area contributed by atoms with Gasteiger partial charge in [-0.05, 0) is 30.9 Å². The van der Waals surface area contributed by atoms with Gasteiger partial charge in [0.15, 0.2) is 4.34 Å². The lowest BCUT2D eigenvalue weighted by atomic mass is 10.2. The molecule has 1 amide bonds. The first-order chi connectivity index (χ1) is 12.9. The summed E-state index contributed by atoms with van der Waals surface area (Å²) in [6.45, 7) is 3.20. The number of carbonyl (C=O) groups excluding carboxylic acids is 1.